The Bertz CT molecular complexity index is 358. The zero-order valence-electron chi connectivity index (χ0n) is 9.61. The van der Waals surface area contributed by atoms with E-state index < -0.39 is 5.97 Å². The third kappa shape index (κ3) is 2.99. The number of rotatable bonds is 4. The molecule has 0 aromatic heterocycles. The second kappa shape index (κ2) is 5.21. The molecule has 1 heterocycles. The predicted octanol–water partition coefficient (Wildman–Crippen LogP) is 1.48. The van der Waals surface area contributed by atoms with Gasteiger partial charge in [-0.25, -0.2) is 4.79 Å². The van der Waals surface area contributed by atoms with Crippen molar-refractivity contribution in [2.45, 2.75) is 32.1 Å². The van der Waals surface area contributed by atoms with Gasteiger partial charge in [-0.3, -0.25) is 4.79 Å². The maximum Gasteiger partial charge on any atom is 0.377 e. The molecule has 0 spiro atoms. The molecule has 94 valence electrons. The van der Waals surface area contributed by atoms with Gasteiger partial charge in [0.2, 0.25) is 5.76 Å². The molecule has 1 fully saturated rings. The highest BCUT2D eigenvalue weighted by atomic mass is 16.6. The first-order valence-electron chi connectivity index (χ1n) is 5.90. The van der Waals surface area contributed by atoms with E-state index in [1.54, 1.807) is 0 Å². The molecule has 0 aromatic rings. The smallest absolute Gasteiger partial charge is 0.377 e. The monoisotopic (exact) mass is 240 g/mol. The standard InChI is InChI=1S/C12H16O5/c13-9-3-1-2-8(6-9)4-5-16-11-10(14)7-17-12(11)15/h8,14H,1-7H2. The van der Waals surface area contributed by atoms with Gasteiger partial charge in [0.25, 0.3) is 0 Å². The van der Waals surface area contributed by atoms with Gasteiger partial charge < -0.3 is 14.6 Å². The number of Topliss-reactive ketones (excluding diaryl/α,β-unsaturated/α-hetero) is 1. The third-order valence-corrected chi connectivity index (χ3v) is 3.14. The van der Waals surface area contributed by atoms with Gasteiger partial charge in [-0.1, -0.05) is 0 Å². The van der Waals surface area contributed by atoms with Gasteiger partial charge in [-0.15, -0.1) is 0 Å². The number of esters is 1. The lowest BCUT2D eigenvalue weighted by molar-refractivity contribution is -0.139. The SMILES string of the molecule is O=C1CCCC(CCOC2=C(O)COC2=O)C1. The Balaban J connectivity index is 1.74. The molecule has 0 amide bonds. The molecule has 1 aliphatic carbocycles. The lowest BCUT2D eigenvalue weighted by Gasteiger charge is -2.20. The van der Waals surface area contributed by atoms with Crippen molar-refractivity contribution in [1.82, 2.24) is 0 Å². The second-order valence-corrected chi connectivity index (χ2v) is 4.49. The van der Waals surface area contributed by atoms with E-state index >= 15 is 0 Å². The van der Waals surface area contributed by atoms with Crippen molar-refractivity contribution in [3.8, 4) is 0 Å². The number of hydrogen-bond acceptors (Lipinski definition) is 5. The number of aliphatic hydroxyl groups is 1. The first kappa shape index (κ1) is 12.0. The lowest BCUT2D eigenvalue weighted by Crippen LogP contribution is -2.17. The summed E-state index contributed by atoms with van der Waals surface area (Å²) in [6, 6.07) is 0. The summed E-state index contributed by atoms with van der Waals surface area (Å²) < 4.78 is 9.80. The summed E-state index contributed by atoms with van der Waals surface area (Å²) in [5, 5.41) is 9.29. The third-order valence-electron chi connectivity index (χ3n) is 3.14. The Hall–Kier alpha value is -1.52. The Morgan fingerprint density at radius 3 is 2.88 bits per heavy atom. The average Bonchev–Trinajstić information content (AvgIpc) is 2.61. The number of carbonyl (C=O) groups is 2. The number of cyclic esters (lactones) is 1. The minimum Gasteiger partial charge on any atom is -0.505 e. The second-order valence-electron chi connectivity index (χ2n) is 4.49. The van der Waals surface area contributed by atoms with Crippen molar-refractivity contribution in [1.29, 1.82) is 0 Å². The summed E-state index contributed by atoms with van der Waals surface area (Å²) in [7, 11) is 0. The van der Waals surface area contributed by atoms with Crippen molar-refractivity contribution in [3.05, 3.63) is 11.5 Å². The van der Waals surface area contributed by atoms with E-state index in [0.29, 0.717) is 31.1 Å². The molecule has 1 N–H and O–H groups in total. The fourth-order valence-corrected chi connectivity index (χ4v) is 2.21. The Labute approximate surface area is 99.4 Å². The van der Waals surface area contributed by atoms with Crippen LogP contribution < -0.4 is 0 Å². The minimum atomic E-state index is -0.609. The van der Waals surface area contributed by atoms with Crippen LogP contribution in [0.2, 0.25) is 0 Å². The van der Waals surface area contributed by atoms with Crippen LogP contribution in [0.5, 0.6) is 0 Å². The summed E-state index contributed by atoms with van der Waals surface area (Å²) >= 11 is 0. The number of ketones is 1. The van der Waals surface area contributed by atoms with Crippen molar-refractivity contribution in [3.63, 3.8) is 0 Å². The maximum absolute atomic E-state index is 11.2. The van der Waals surface area contributed by atoms with Crippen molar-refractivity contribution >= 4 is 11.8 Å². The molecule has 1 atom stereocenters. The van der Waals surface area contributed by atoms with E-state index in [0.717, 1.165) is 19.3 Å². The first-order chi connectivity index (χ1) is 8.16. The van der Waals surface area contributed by atoms with Gasteiger partial charge in [0.1, 0.15) is 5.78 Å². The van der Waals surface area contributed by atoms with Crippen LogP contribution in [-0.2, 0) is 19.1 Å². The average molecular weight is 240 g/mol. The quantitative estimate of drug-likeness (QED) is 0.753. The van der Waals surface area contributed by atoms with Crippen LogP contribution >= 0.6 is 0 Å². The van der Waals surface area contributed by atoms with Crippen LogP contribution in [0.1, 0.15) is 32.1 Å². The molecular formula is C12H16O5. The molecule has 0 saturated heterocycles. The zero-order chi connectivity index (χ0) is 12.3. The first-order valence-corrected chi connectivity index (χ1v) is 5.90. The van der Waals surface area contributed by atoms with Crippen LogP contribution in [0.4, 0.5) is 0 Å². The number of carbonyl (C=O) groups excluding carboxylic acids is 2. The highest BCUT2D eigenvalue weighted by Crippen LogP contribution is 2.25. The summed E-state index contributed by atoms with van der Waals surface area (Å²) in [4.78, 5) is 22.3. The van der Waals surface area contributed by atoms with Crippen LogP contribution in [0.15, 0.2) is 11.5 Å². The van der Waals surface area contributed by atoms with E-state index in [4.69, 9.17) is 4.74 Å². The fourth-order valence-electron chi connectivity index (χ4n) is 2.21. The molecule has 0 bridgehead atoms. The molecule has 17 heavy (non-hydrogen) atoms. The Morgan fingerprint density at radius 1 is 1.41 bits per heavy atom. The molecule has 1 unspecified atom stereocenters. The summed E-state index contributed by atoms with van der Waals surface area (Å²) in [6.07, 6.45) is 4.01. The molecule has 2 rings (SSSR count). The van der Waals surface area contributed by atoms with Gasteiger partial charge in [0.05, 0.1) is 6.61 Å². The Morgan fingerprint density at radius 2 is 2.24 bits per heavy atom. The molecule has 1 saturated carbocycles. The summed E-state index contributed by atoms with van der Waals surface area (Å²) in [5.41, 5.74) is 0. The summed E-state index contributed by atoms with van der Waals surface area (Å²) in [5.74, 6) is -0.177. The highest BCUT2D eigenvalue weighted by Gasteiger charge is 2.27. The number of hydrogen-bond donors (Lipinski definition) is 1. The van der Waals surface area contributed by atoms with Gasteiger partial charge in [0.15, 0.2) is 12.4 Å². The van der Waals surface area contributed by atoms with E-state index in [1.807, 2.05) is 0 Å². The molecule has 5 heteroatoms. The minimum absolute atomic E-state index is 0.0767. The van der Waals surface area contributed by atoms with Crippen molar-refractivity contribution < 1.29 is 24.2 Å². The van der Waals surface area contributed by atoms with E-state index in [9.17, 15) is 14.7 Å². The van der Waals surface area contributed by atoms with Crippen LogP contribution in [-0.4, -0.2) is 30.1 Å². The topological polar surface area (TPSA) is 72.8 Å². The fraction of sp³-hybridized carbons (Fsp3) is 0.667. The zero-order valence-corrected chi connectivity index (χ0v) is 9.61. The predicted molar refractivity (Wildman–Crippen MR) is 58.1 cm³/mol. The van der Waals surface area contributed by atoms with Gasteiger partial charge >= 0.3 is 5.97 Å². The van der Waals surface area contributed by atoms with E-state index in [2.05, 4.69) is 4.74 Å². The van der Waals surface area contributed by atoms with Crippen molar-refractivity contribution in [2.75, 3.05) is 13.2 Å². The summed E-state index contributed by atoms with van der Waals surface area (Å²) in [6.45, 7) is 0.239. The van der Waals surface area contributed by atoms with Crippen LogP contribution in [0.25, 0.3) is 0 Å². The Kier molecular flexibility index (Phi) is 3.66. The number of ether oxygens (including phenoxy) is 2. The molecular weight excluding hydrogens is 224 g/mol. The van der Waals surface area contributed by atoms with Crippen molar-refractivity contribution in [2.24, 2.45) is 5.92 Å². The molecule has 1 aliphatic heterocycles. The largest absolute Gasteiger partial charge is 0.505 e. The normalized spacial score (nSPS) is 25.1. The molecule has 2 aliphatic rings. The van der Waals surface area contributed by atoms with E-state index in [1.165, 1.54) is 0 Å². The van der Waals surface area contributed by atoms with E-state index in [-0.39, 0.29) is 18.1 Å². The van der Waals surface area contributed by atoms with Gasteiger partial charge in [0, 0.05) is 12.8 Å². The lowest BCUT2D eigenvalue weighted by atomic mass is 9.86. The molecule has 0 radical (unpaired) electrons. The molecule has 0 aromatic carbocycles. The highest BCUT2D eigenvalue weighted by molar-refractivity contribution is 5.88. The van der Waals surface area contributed by atoms with Gasteiger partial charge in [-0.2, -0.15) is 0 Å². The molecule has 5 nitrogen and oxygen atoms in total. The number of aliphatic hydroxyl groups excluding tert-OH is 1. The van der Waals surface area contributed by atoms with Gasteiger partial charge in [-0.05, 0) is 25.2 Å². The van der Waals surface area contributed by atoms with Crippen LogP contribution in [0, 0.1) is 5.92 Å². The van der Waals surface area contributed by atoms with Crippen LogP contribution in [0.3, 0.4) is 0 Å². The maximum atomic E-state index is 11.2.